The first-order chi connectivity index (χ1) is 11.9. The Morgan fingerprint density at radius 2 is 1.52 bits per heavy atom. The maximum absolute atomic E-state index is 13.2. The molecule has 0 aromatic rings. The Bertz CT molecular complexity index is 516. The van der Waals surface area contributed by atoms with Crippen LogP contribution >= 0.6 is 0 Å². The van der Waals surface area contributed by atoms with Gasteiger partial charge in [-0.15, -0.1) is 0 Å². The van der Waals surface area contributed by atoms with Crippen LogP contribution in [0.25, 0.3) is 0 Å². The summed E-state index contributed by atoms with van der Waals surface area (Å²) in [6.07, 6.45) is 13.3. The summed E-state index contributed by atoms with van der Waals surface area (Å²) < 4.78 is 0. The third kappa shape index (κ3) is 3.60. The van der Waals surface area contributed by atoms with Crippen molar-refractivity contribution >= 4 is 11.6 Å². The van der Waals surface area contributed by atoms with Crippen molar-refractivity contribution in [2.45, 2.75) is 90.9 Å². The smallest absolute Gasteiger partial charge is 0.146 e. The average molecular weight is 345 g/mol. The maximum Gasteiger partial charge on any atom is 0.146 e. The van der Waals surface area contributed by atoms with E-state index in [9.17, 15) is 9.59 Å². The van der Waals surface area contributed by atoms with Gasteiger partial charge in [0.2, 0.25) is 0 Å². The molecule has 5 atom stereocenters. The fraction of sp³-hybridized carbons (Fsp3) is 0.913. The van der Waals surface area contributed by atoms with E-state index in [1.165, 1.54) is 38.5 Å². The summed E-state index contributed by atoms with van der Waals surface area (Å²) in [4.78, 5) is 26.2. The van der Waals surface area contributed by atoms with E-state index < -0.39 is 0 Å². The Hall–Kier alpha value is -0.660. The highest BCUT2D eigenvalue weighted by atomic mass is 16.1. The number of fused-ring (bicyclic) bond motifs is 4. The first kappa shape index (κ1) is 17.7. The molecule has 4 fully saturated rings. The lowest BCUT2D eigenvalue weighted by Gasteiger charge is -2.47. The predicted molar refractivity (Wildman–Crippen MR) is 100 cm³/mol. The second-order valence-electron chi connectivity index (χ2n) is 10.6. The molecule has 4 rings (SSSR count). The van der Waals surface area contributed by atoms with Gasteiger partial charge in [0.1, 0.15) is 11.6 Å². The van der Waals surface area contributed by atoms with Crippen LogP contribution in [0.3, 0.4) is 0 Å². The standard InChI is InChI=1S/C23H36O2/c1-15-6-18-9-19(7-15)11-20(10-18)21(24)12-22(25)23-5-3-4-17(14-23)8-16(2)13-23/h15-20H,3-14H2,1-2H3. The van der Waals surface area contributed by atoms with Crippen LogP contribution < -0.4 is 0 Å². The number of hydrogen-bond donors (Lipinski definition) is 0. The summed E-state index contributed by atoms with van der Waals surface area (Å²) in [5.74, 6) is 4.54. The van der Waals surface area contributed by atoms with E-state index in [0.717, 1.165) is 55.8 Å². The van der Waals surface area contributed by atoms with E-state index >= 15 is 0 Å². The van der Waals surface area contributed by atoms with E-state index in [2.05, 4.69) is 13.8 Å². The second kappa shape index (κ2) is 6.82. The van der Waals surface area contributed by atoms with Crippen molar-refractivity contribution in [3.05, 3.63) is 0 Å². The summed E-state index contributed by atoms with van der Waals surface area (Å²) in [5, 5.41) is 0. The van der Waals surface area contributed by atoms with E-state index in [1.807, 2.05) is 0 Å². The van der Waals surface area contributed by atoms with Gasteiger partial charge in [0, 0.05) is 11.3 Å². The molecule has 0 radical (unpaired) electrons. The Morgan fingerprint density at radius 1 is 0.840 bits per heavy atom. The minimum absolute atomic E-state index is 0.130. The number of carbonyl (C=O) groups excluding carboxylic acids is 2. The molecule has 0 saturated heterocycles. The molecule has 140 valence electrons. The van der Waals surface area contributed by atoms with Gasteiger partial charge in [0.25, 0.3) is 0 Å². The van der Waals surface area contributed by atoms with Gasteiger partial charge in [-0.2, -0.15) is 0 Å². The van der Waals surface area contributed by atoms with E-state index in [0.29, 0.717) is 17.5 Å². The van der Waals surface area contributed by atoms with Crippen LogP contribution in [-0.4, -0.2) is 11.6 Å². The van der Waals surface area contributed by atoms with Gasteiger partial charge >= 0.3 is 0 Å². The minimum atomic E-state index is -0.130. The molecule has 4 aliphatic carbocycles. The van der Waals surface area contributed by atoms with Gasteiger partial charge in [0.15, 0.2) is 0 Å². The fourth-order valence-electron chi connectivity index (χ4n) is 7.50. The molecule has 25 heavy (non-hydrogen) atoms. The zero-order valence-corrected chi connectivity index (χ0v) is 16.3. The topological polar surface area (TPSA) is 34.1 Å². The highest BCUT2D eigenvalue weighted by molar-refractivity contribution is 6.02. The quantitative estimate of drug-likeness (QED) is 0.624. The Morgan fingerprint density at radius 3 is 2.24 bits per heavy atom. The molecule has 2 heteroatoms. The summed E-state index contributed by atoms with van der Waals surface area (Å²) in [7, 11) is 0. The number of Topliss-reactive ketones (excluding diaryl/α,β-unsaturated/α-hetero) is 2. The molecule has 2 nitrogen and oxygen atoms in total. The van der Waals surface area contributed by atoms with Crippen LogP contribution in [0.1, 0.15) is 90.9 Å². The molecule has 0 amide bonds. The van der Waals surface area contributed by atoms with Gasteiger partial charge < -0.3 is 0 Å². The first-order valence-corrected chi connectivity index (χ1v) is 11.0. The monoisotopic (exact) mass is 344 g/mol. The summed E-state index contributed by atoms with van der Waals surface area (Å²) in [6.45, 7) is 4.68. The van der Waals surface area contributed by atoms with Crippen molar-refractivity contribution in [1.29, 1.82) is 0 Å². The molecule has 4 bridgehead atoms. The highest BCUT2D eigenvalue weighted by Crippen LogP contribution is 2.52. The van der Waals surface area contributed by atoms with Gasteiger partial charge in [-0.05, 0) is 87.4 Å². The molecule has 0 aromatic heterocycles. The molecule has 0 spiro atoms. The lowest BCUT2D eigenvalue weighted by Crippen LogP contribution is -2.43. The number of hydrogen-bond acceptors (Lipinski definition) is 2. The minimum Gasteiger partial charge on any atom is -0.299 e. The van der Waals surface area contributed by atoms with E-state index in [4.69, 9.17) is 0 Å². The number of carbonyl (C=O) groups is 2. The molecule has 0 heterocycles. The van der Waals surface area contributed by atoms with Crippen molar-refractivity contribution < 1.29 is 9.59 Å². The second-order valence-corrected chi connectivity index (χ2v) is 10.6. The Kier molecular flexibility index (Phi) is 4.84. The van der Waals surface area contributed by atoms with E-state index in [1.54, 1.807) is 0 Å². The van der Waals surface area contributed by atoms with Crippen molar-refractivity contribution in [3.8, 4) is 0 Å². The average Bonchev–Trinajstić information content (AvgIpc) is 2.52. The highest BCUT2D eigenvalue weighted by Gasteiger charge is 2.47. The van der Waals surface area contributed by atoms with Gasteiger partial charge in [-0.25, -0.2) is 0 Å². The SMILES string of the molecule is CC1CC2CC(C1)CC(C(=O)CC(=O)C13CCCC(CC(C)C1)C3)C2. The molecule has 5 unspecified atom stereocenters. The van der Waals surface area contributed by atoms with Crippen molar-refractivity contribution in [3.63, 3.8) is 0 Å². The fourth-order valence-corrected chi connectivity index (χ4v) is 7.50. The molecule has 4 saturated carbocycles. The van der Waals surface area contributed by atoms with Crippen LogP contribution in [-0.2, 0) is 9.59 Å². The van der Waals surface area contributed by atoms with Gasteiger partial charge in [-0.3, -0.25) is 9.59 Å². The van der Waals surface area contributed by atoms with Crippen LogP contribution in [0.4, 0.5) is 0 Å². The zero-order chi connectivity index (χ0) is 17.6. The normalized spacial score (nSPS) is 46.5. The van der Waals surface area contributed by atoms with Crippen LogP contribution in [0.2, 0.25) is 0 Å². The van der Waals surface area contributed by atoms with Crippen LogP contribution in [0.15, 0.2) is 0 Å². The van der Waals surface area contributed by atoms with Gasteiger partial charge in [0.05, 0.1) is 6.42 Å². The number of ketones is 2. The summed E-state index contributed by atoms with van der Waals surface area (Å²) >= 11 is 0. The van der Waals surface area contributed by atoms with Crippen LogP contribution in [0, 0.1) is 40.9 Å². The maximum atomic E-state index is 13.2. The third-order valence-electron chi connectivity index (χ3n) is 8.18. The summed E-state index contributed by atoms with van der Waals surface area (Å²) in [5.41, 5.74) is -0.130. The van der Waals surface area contributed by atoms with Crippen molar-refractivity contribution in [2.75, 3.05) is 0 Å². The van der Waals surface area contributed by atoms with Crippen molar-refractivity contribution in [1.82, 2.24) is 0 Å². The molecule has 4 aliphatic rings. The molecular weight excluding hydrogens is 308 g/mol. The third-order valence-corrected chi connectivity index (χ3v) is 8.18. The Balaban J connectivity index is 1.40. The summed E-state index contributed by atoms with van der Waals surface area (Å²) in [6, 6.07) is 0. The van der Waals surface area contributed by atoms with E-state index in [-0.39, 0.29) is 17.8 Å². The predicted octanol–water partition coefficient (Wildman–Crippen LogP) is 5.58. The lowest BCUT2D eigenvalue weighted by molar-refractivity contribution is -0.140. The molecule has 0 aromatic carbocycles. The molecule has 0 aliphatic heterocycles. The Labute approximate surface area is 153 Å². The van der Waals surface area contributed by atoms with Crippen LogP contribution in [0.5, 0.6) is 0 Å². The zero-order valence-electron chi connectivity index (χ0n) is 16.3. The van der Waals surface area contributed by atoms with Crippen molar-refractivity contribution in [2.24, 2.45) is 40.9 Å². The largest absolute Gasteiger partial charge is 0.299 e. The van der Waals surface area contributed by atoms with Gasteiger partial charge in [-0.1, -0.05) is 26.7 Å². The molecular formula is C23H36O2. The number of rotatable bonds is 4. The lowest BCUT2D eigenvalue weighted by atomic mass is 9.56. The molecule has 0 N–H and O–H groups in total. The first-order valence-electron chi connectivity index (χ1n) is 11.0.